The maximum absolute atomic E-state index is 12.7. The second kappa shape index (κ2) is 8.20. The Bertz CT molecular complexity index is 871. The Kier molecular flexibility index (Phi) is 6.44. The number of nitrogens with one attached hydrogen (secondary N) is 1. The fraction of sp³-hybridized carbons (Fsp3) is 0.316. The van der Waals surface area contributed by atoms with Gasteiger partial charge in [0.05, 0.1) is 22.6 Å². The van der Waals surface area contributed by atoms with Gasteiger partial charge in [-0.1, -0.05) is 55.5 Å². The van der Waals surface area contributed by atoms with E-state index in [1.165, 1.54) is 0 Å². The van der Waals surface area contributed by atoms with Gasteiger partial charge >= 0.3 is 0 Å². The molecule has 0 bridgehead atoms. The summed E-state index contributed by atoms with van der Waals surface area (Å²) in [5, 5.41) is 2.98. The van der Waals surface area contributed by atoms with Gasteiger partial charge in [-0.25, -0.2) is 8.42 Å². The Hall–Kier alpha value is -1.89. The SMILES string of the molecule is CC(C(=O)NC1CCS(=O)(=O)c2ccccc21)C(N)c1ccccc1.Cl. The first-order valence-corrected chi connectivity index (χ1v) is 9.98. The van der Waals surface area contributed by atoms with Gasteiger partial charge in [-0.3, -0.25) is 4.79 Å². The number of hydrogen-bond acceptors (Lipinski definition) is 4. The molecule has 7 heteroatoms. The molecule has 3 unspecified atom stereocenters. The molecule has 1 aliphatic heterocycles. The van der Waals surface area contributed by atoms with Crippen LogP contribution in [0.4, 0.5) is 0 Å². The highest BCUT2D eigenvalue weighted by molar-refractivity contribution is 7.91. The van der Waals surface area contributed by atoms with Crippen LogP contribution in [0, 0.1) is 5.92 Å². The predicted octanol–water partition coefficient (Wildman–Crippen LogP) is 2.78. The molecule has 0 aromatic heterocycles. The molecule has 0 saturated heterocycles. The summed E-state index contributed by atoms with van der Waals surface area (Å²) in [6.07, 6.45) is 0.373. The van der Waals surface area contributed by atoms with Gasteiger partial charge in [0.2, 0.25) is 5.91 Å². The third-order valence-corrected chi connectivity index (χ3v) is 6.57. The molecular formula is C19H23ClN2O3S. The quantitative estimate of drug-likeness (QED) is 0.834. The summed E-state index contributed by atoms with van der Waals surface area (Å²) in [6, 6.07) is 15.6. The molecule has 2 aromatic carbocycles. The van der Waals surface area contributed by atoms with E-state index in [9.17, 15) is 13.2 Å². The summed E-state index contributed by atoms with van der Waals surface area (Å²) in [6.45, 7) is 1.79. The predicted molar refractivity (Wildman–Crippen MR) is 104 cm³/mol. The average molecular weight is 395 g/mol. The molecule has 0 saturated carbocycles. The lowest BCUT2D eigenvalue weighted by Gasteiger charge is -2.28. The van der Waals surface area contributed by atoms with Crippen LogP contribution in [0.3, 0.4) is 0 Å². The van der Waals surface area contributed by atoms with Gasteiger partial charge in [0, 0.05) is 6.04 Å². The average Bonchev–Trinajstić information content (AvgIpc) is 2.63. The van der Waals surface area contributed by atoms with Gasteiger partial charge in [0.1, 0.15) is 0 Å². The third kappa shape index (κ3) is 4.09. The van der Waals surface area contributed by atoms with E-state index >= 15 is 0 Å². The zero-order valence-electron chi connectivity index (χ0n) is 14.5. The van der Waals surface area contributed by atoms with Crippen LogP contribution in [0.25, 0.3) is 0 Å². The van der Waals surface area contributed by atoms with Gasteiger partial charge < -0.3 is 11.1 Å². The molecular weight excluding hydrogens is 372 g/mol. The molecule has 140 valence electrons. The highest BCUT2D eigenvalue weighted by Gasteiger charge is 2.32. The largest absolute Gasteiger partial charge is 0.349 e. The second-order valence-electron chi connectivity index (χ2n) is 6.43. The van der Waals surface area contributed by atoms with Gasteiger partial charge in [-0.05, 0) is 23.6 Å². The molecule has 3 rings (SSSR count). The maximum Gasteiger partial charge on any atom is 0.225 e. The lowest BCUT2D eigenvalue weighted by molar-refractivity contribution is -0.126. The normalized spacial score (nSPS) is 20.2. The number of hydrogen-bond donors (Lipinski definition) is 2. The molecule has 0 fully saturated rings. The minimum atomic E-state index is -3.27. The van der Waals surface area contributed by atoms with Crippen LogP contribution in [0.2, 0.25) is 0 Å². The fourth-order valence-electron chi connectivity index (χ4n) is 3.17. The highest BCUT2D eigenvalue weighted by atomic mass is 35.5. The van der Waals surface area contributed by atoms with E-state index in [1.54, 1.807) is 31.2 Å². The first-order chi connectivity index (χ1) is 11.9. The Morgan fingerprint density at radius 3 is 2.42 bits per heavy atom. The van der Waals surface area contributed by atoms with Gasteiger partial charge in [-0.2, -0.15) is 0 Å². The molecule has 0 spiro atoms. The lowest BCUT2D eigenvalue weighted by atomic mass is 9.93. The molecule has 1 heterocycles. The molecule has 1 aliphatic rings. The van der Waals surface area contributed by atoms with Gasteiger partial charge in [0.15, 0.2) is 9.84 Å². The first-order valence-electron chi connectivity index (χ1n) is 8.33. The summed E-state index contributed by atoms with van der Waals surface area (Å²) in [7, 11) is -3.27. The van der Waals surface area contributed by atoms with E-state index in [-0.39, 0.29) is 30.1 Å². The maximum atomic E-state index is 12.7. The number of nitrogens with two attached hydrogens (primary N) is 1. The molecule has 3 atom stereocenters. The number of carbonyl (C=O) groups is 1. The minimum Gasteiger partial charge on any atom is -0.349 e. The fourth-order valence-corrected chi connectivity index (χ4v) is 4.79. The number of amides is 1. The van der Waals surface area contributed by atoms with E-state index in [0.29, 0.717) is 16.9 Å². The Morgan fingerprint density at radius 1 is 1.12 bits per heavy atom. The zero-order valence-corrected chi connectivity index (χ0v) is 16.1. The van der Waals surface area contributed by atoms with Crippen molar-refractivity contribution in [2.75, 3.05) is 5.75 Å². The van der Waals surface area contributed by atoms with Crippen LogP contribution in [0.1, 0.15) is 36.6 Å². The number of fused-ring (bicyclic) bond motifs is 1. The van der Waals surface area contributed by atoms with E-state index in [2.05, 4.69) is 5.32 Å². The number of carbonyl (C=O) groups excluding carboxylic acids is 1. The second-order valence-corrected chi connectivity index (χ2v) is 8.51. The number of sulfone groups is 1. The van der Waals surface area contributed by atoms with Crippen LogP contribution in [0.5, 0.6) is 0 Å². The number of benzene rings is 2. The molecule has 0 aliphatic carbocycles. The monoisotopic (exact) mass is 394 g/mol. The van der Waals surface area contributed by atoms with Crippen LogP contribution in [-0.4, -0.2) is 20.1 Å². The topological polar surface area (TPSA) is 89.3 Å². The van der Waals surface area contributed by atoms with E-state index in [4.69, 9.17) is 5.73 Å². The smallest absolute Gasteiger partial charge is 0.225 e. The summed E-state index contributed by atoms with van der Waals surface area (Å²) >= 11 is 0. The molecule has 3 N–H and O–H groups in total. The van der Waals surface area contributed by atoms with Gasteiger partial charge in [-0.15, -0.1) is 12.4 Å². The summed E-state index contributed by atoms with van der Waals surface area (Å²) in [5.41, 5.74) is 7.78. The van der Waals surface area contributed by atoms with Crippen molar-refractivity contribution in [1.82, 2.24) is 5.32 Å². The highest BCUT2D eigenvalue weighted by Crippen LogP contribution is 2.32. The summed E-state index contributed by atoms with van der Waals surface area (Å²) in [4.78, 5) is 13.0. The lowest BCUT2D eigenvalue weighted by Crippen LogP contribution is -2.39. The zero-order chi connectivity index (χ0) is 18.0. The molecule has 0 radical (unpaired) electrons. The minimum absolute atomic E-state index is 0. The van der Waals surface area contributed by atoms with Crippen molar-refractivity contribution in [2.45, 2.75) is 30.3 Å². The van der Waals surface area contributed by atoms with Crippen LogP contribution in [0.15, 0.2) is 59.5 Å². The van der Waals surface area contributed by atoms with Crippen LogP contribution >= 0.6 is 12.4 Å². The third-order valence-electron chi connectivity index (χ3n) is 4.76. The van der Waals surface area contributed by atoms with E-state index in [1.807, 2.05) is 30.3 Å². The molecule has 26 heavy (non-hydrogen) atoms. The number of rotatable bonds is 4. The standard InChI is InChI=1S/C19H22N2O3S.ClH/c1-13(18(20)14-7-3-2-4-8-14)19(22)21-16-11-12-25(23,24)17-10-6-5-9-15(16)17;/h2-10,13,16,18H,11-12,20H2,1H3,(H,21,22);1H. The van der Waals surface area contributed by atoms with Crippen molar-refractivity contribution < 1.29 is 13.2 Å². The van der Waals surface area contributed by atoms with Crippen molar-refractivity contribution >= 4 is 28.2 Å². The van der Waals surface area contributed by atoms with E-state index in [0.717, 1.165) is 5.56 Å². The summed E-state index contributed by atoms with van der Waals surface area (Å²) < 4.78 is 24.4. The Balaban J connectivity index is 0.00000243. The Morgan fingerprint density at radius 2 is 1.73 bits per heavy atom. The van der Waals surface area contributed by atoms with Crippen LogP contribution < -0.4 is 11.1 Å². The molecule has 2 aromatic rings. The van der Waals surface area contributed by atoms with Crippen molar-refractivity contribution in [3.8, 4) is 0 Å². The van der Waals surface area contributed by atoms with E-state index < -0.39 is 21.8 Å². The van der Waals surface area contributed by atoms with Crippen LogP contribution in [-0.2, 0) is 14.6 Å². The van der Waals surface area contributed by atoms with Gasteiger partial charge in [0.25, 0.3) is 0 Å². The molecule has 1 amide bonds. The molecule has 5 nitrogen and oxygen atoms in total. The van der Waals surface area contributed by atoms with Crippen molar-refractivity contribution in [2.24, 2.45) is 11.7 Å². The van der Waals surface area contributed by atoms with Crippen molar-refractivity contribution in [3.63, 3.8) is 0 Å². The summed E-state index contributed by atoms with van der Waals surface area (Å²) in [5.74, 6) is -0.558. The van der Waals surface area contributed by atoms with Crippen molar-refractivity contribution in [1.29, 1.82) is 0 Å². The Labute approximate surface area is 160 Å². The number of halogens is 1. The first kappa shape index (κ1) is 20.4. The van der Waals surface area contributed by atoms with Crippen molar-refractivity contribution in [3.05, 3.63) is 65.7 Å².